The number of aromatic nitrogens is 3. The van der Waals surface area contributed by atoms with E-state index in [1.165, 1.54) is 16.4 Å². The zero-order valence-corrected chi connectivity index (χ0v) is 18.4. The van der Waals surface area contributed by atoms with Gasteiger partial charge in [-0.1, -0.05) is 19.1 Å². The fraction of sp³-hybridized carbons (Fsp3) is 0.800. The van der Waals surface area contributed by atoms with Gasteiger partial charge in [0.25, 0.3) is 0 Å². The van der Waals surface area contributed by atoms with Crippen molar-refractivity contribution in [2.45, 2.75) is 68.5 Å². The molecule has 0 bridgehead atoms. The molecule has 0 aromatic carbocycles. The first-order chi connectivity index (χ1) is 13.5. The number of nitrogens with zero attached hydrogens (tertiary/aromatic N) is 4. The van der Waals surface area contributed by atoms with Crippen LogP contribution in [0.15, 0.2) is 4.99 Å². The number of thioether (sulfide) groups is 1. The molecule has 14 heteroatoms. The van der Waals surface area contributed by atoms with Crippen LogP contribution in [0.5, 0.6) is 0 Å². The molecule has 1 fully saturated rings. The average Bonchev–Trinajstić information content (AvgIpc) is 3.15. The van der Waals surface area contributed by atoms with Gasteiger partial charge >= 0.3 is 7.60 Å². The van der Waals surface area contributed by atoms with Crippen LogP contribution in [0.1, 0.15) is 44.9 Å². The van der Waals surface area contributed by atoms with Crippen LogP contribution in [0.2, 0.25) is 0 Å². The third-order valence-electron chi connectivity index (χ3n) is 4.59. The van der Waals surface area contributed by atoms with Crippen LogP contribution in [-0.2, 0) is 13.8 Å². The standard InChI is InChI=1S/C15H28N7O5PS/c1-6(2)26-5-8-11(27-28(24,25)7(3)4)10(23)14(29-8)22-13-9(20-21-22)12(16)18-15(17)19-13/h6-8,10-12,14,23H,5,16H2,1-4H3,(H,24,25)(H3,17,18,19)/t8-,10-,11-,12?,14-/m1/s1. The van der Waals surface area contributed by atoms with Gasteiger partial charge in [0.1, 0.15) is 29.4 Å². The number of nitrogens with two attached hydrogens (primary N) is 2. The van der Waals surface area contributed by atoms with E-state index < -0.39 is 42.3 Å². The van der Waals surface area contributed by atoms with Crippen molar-refractivity contribution in [1.29, 1.82) is 0 Å². The van der Waals surface area contributed by atoms with Crippen molar-refractivity contribution < 1.29 is 23.8 Å². The summed E-state index contributed by atoms with van der Waals surface area (Å²) in [6.45, 7) is 7.18. The summed E-state index contributed by atoms with van der Waals surface area (Å²) in [6.07, 6.45) is -2.91. The van der Waals surface area contributed by atoms with Gasteiger partial charge in [0.15, 0.2) is 11.8 Å². The van der Waals surface area contributed by atoms with Gasteiger partial charge in [-0.3, -0.25) is 4.57 Å². The fourth-order valence-corrected chi connectivity index (χ4v) is 5.35. The molecular formula is C15H28N7O5PS. The Morgan fingerprint density at radius 1 is 1.38 bits per heavy atom. The van der Waals surface area contributed by atoms with Crippen LogP contribution >= 0.6 is 19.4 Å². The van der Waals surface area contributed by atoms with Gasteiger partial charge in [0, 0.05) is 0 Å². The normalized spacial score (nSPS) is 31.5. The van der Waals surface area contributed by atoms with Gasteiger partial charge in [-0.05, 0) is 13.8 Å². The topological polar surface area (TPSA) is 183 Å². The van der Waals surface area contributed by atoms with E-state index in [9.17, 15) is 14.6 Å². The molecule has 2 aliphatic rings. The number of aliphatic hydroxyl groups excluding tert-OH is 1. The lowest BCUT2D eigenvalue weighted by atomic mass is 10.1. The van der Waals surface area contributed by atoms with E-state index in [4.69, 9.17) is 20.7 Å². The van der Waals surface area contributed by atoms with E-state index >= 15 is 0 Å². The summed E-state index contributed by atoms with van der Waals surface area (Å²) in [4.78, 5) is 14.2. The van der Waals surface area contributed by atoms with Gasteiger partial charge in [-0.2, -0.15) is 0 Å². The molecule has 0 saturated carbocycles. The fourth-order valence-electron chi connectivity index (χ4n) is 2.94. The maximum absolute atomic E-state index is 12.5. The molecule has 1 saturated heterocycles. The molecule has 6 atom stereocenters. The Kier molecular flexibility index (Phi) is 6.59. The van der Waals surface area contributed by atoms with E-state index in [2.05, 4.69) is 20.6 Å². The van der Waals surface area contributed by atoms with Crippen molar-refractivity contribution in [2.24, 2.45) is 16.5 Å². The highest BCUT2D eigenvalue weighted by molar-refractivity contribution is 8.00. The number of hydrogen-bond donors (Lipinski definition) is 5. The molecule has 3 heterocycles. The minimum absolute atomic E-state index is 0.0479. The number of hydrogen-bond acceptors (Lipinski definition) is 11. The second-order valence-electron chi connectivity index (χ2n) is 7.52. The molecular weight excluding hydrogens is 421 g/mol. The third-order valence-corrected chi connectivity index (χ3v) is 7.96. The first-order valence-corrected chi connectivity index (χ1v) is 11.9. The van der Waals surface area contributed by atoms with Crippen molar-refractivity contribution in [2.75, 3.05) is 11.9 Å². The Morgan fingerprint density at radius 2 is 2.07 bits per heavy atom. The number of rotatable bonds is 7. The van der Waals surface area contributed by atoms with Crippen LogP contribution in [0.4, 0.5) is 5.82 Å². The van der Waals surface area contributed by atoms with Crippen molar-refractivity contribution in [3.8, 4) is 0 Å². The van der Waals surface area contributed by atoms with E-state index in [-0.39, 0.29) is 18.7 Å². The number of nitrogens with one attached hydrogen (secondary N) is 1. The van der Waals surface area contributed by atoms with Crippen molar-refractivity contribution in [3.05, 3.63) is 5.69 Å². The highest BCUT2D eigenvalue weighted by Crippen LogP contribution is 2.54. The number of aliphatic imine (C=N–C) groups is 1. The molecule has 1 aromatic heterocycles. The molecule has 164 valence electrons. The Hall–Kier alpha value is -1.21. The Morgan fingerprint density at radius 3 is 2.69 bits per heavy atom. The van der Waals surface area contributed by atoms with Crippen LogP contribution in [0.3, 0.4) is 0 Å². The molecule has 0 aliphatic carbocycles. The maximum Gasteiger partial charge on any atom is 0.331 e. The average molecular weight is 449 g/mol. The summed E-state index contributed by atoms with van der Waals surface area (Å²) in [5.41, 5.74) is 11.5. The summed E-state index contributed by atoms with van der Waals surface area (Å²) in [7, 11) is -3.93. The zero-order chi connectivity index (χ0) is 21.5. The minimum atomic E-state index is -3.93. The molecule has 7 N–H and O–H groups in total. The van der Waals surface area contributed by atoms with Crippen molar-refractivity contribution in [1.82, 2.24) is 15.0 Å². The maximum atomic E-state index is 12.5. The third kappa shape index (κ3) is 4.61. The van der Waals surface area contributed by atoms with Crippen LogP contribution in [0, 0.1) is 0 Å². The lowest BCUT2D eigenvalue weighted by Gasteiger charge is -2.26. The van der Waals surface area contributed by atoms with Gasteiger partial charge in [0.05, 0.1) is 23.6 Å². The molecule has 1 aromatic rings. The smallest absolute Gasteiger partial charge is 0.331 e. The van der Waals surface area contributed by atoms with Crippen LogP contribution in [0.25, 0.3) is 0 Å². The minimum Gasteiger partial charge on any atom is -0.387 e. The summed E-state index contributed by atoms with van der Waals surface area (Å²) in [5, 5.41) is 20.9. The summed E-state index contributed by atoms with van der Waals surface area (Å²) in [6, 6.07) is 0. The van der Waals surface area contributed by atoms with E-state index in [1.807, 2.05) is 13.8 Å². The number of aliphatic hydroxyl groups is 1. The van der Waals surface area contributed by atoms with Crippen LogP contribution < -0.4 is 16.8 Å². The summed E-state index contributed by atoms with van der Waals surface area (Å²) in [5.74, 6) is 0.528. The first-order valence-electron chi connectivity index (χ1n) is 9.28. The Bertz CT molecular complexity index is 819. The quantitative estimate of drug-likeness (QED) is 0.362. The van der Waals surface area contributed by atoms with E-state index in [1.54, 1.807) is 13.8 Å². The predicted octanol–water partition coefficient (Wildman–Crippen LogP) is 0.355. The van der Waals surface area contributed by atoms with Crippen molar-refractivity contribution in [3.63, 3.8) is 0 Å². The molecule has 3 rings (SSSR count). The largest absolute Gasteiger partial charge is 0.387 e. The number of ether oxygens (including phenoxy) is 1. The summed E-state index contributed by atoms with van der Waals surface area (Å²) >= 11 is 1.32. The first kappa shape index (κ1) is 22.5. The molecule has 0 amide bonds. The zero-order valence-electron chi connectivity index (χ0n) is 16.7. The number of anilines is 1. The second-order valence-corrected chi connectivity index (χ2v) is 11.3. The monoisotopic (exact) mass is 449 g/mol. The predicted molar refractivity (Wildman–Crippen MR) is 110 cm³/mol. The molecule has 2 aliphatic heterocycles. The SMILES string of the molecule is CC(C)OC[C@H]1S[C@@H](n2nnc3c2NC(N)=NC3N)[C@H](O)[C@@H]1OP(=O)(O)C(C)C. The van der Waals surface area contributed by atoms with E-state index in [0.29, 0.717) is 11.5 Å². The Balaban J connectivity index is 1.89. The molecule has 12 nitrogen and oxygen atoms in total. The van der Waals surface area contributed by atoms with Crippen molar-refractivity contribution >= 4 is 31.1 Å². The molecule has 2 unspecified atom stereocenters. The van der Waals surface area contributed by atoms with E-state index in [0.717, 1.165) is 0 Å². The molecule has 0 radical (unpaired) electrons. The number of fused-ring (bicyclic) bond motifs is 1. The number of guanidine groups is 1. The highest BCUT2D eigenvalue weighted by atomic mass is 32.2. The van der Waals surface area contributed by atoms with Gasteiger partial charge in [0.2, 0.25) is 0 Å². The lowest BCUT2D eigenvalue weighted by molar-refractivity contribution is 0.000930. The second kappa shape index (κ2) is 8.50. The Labute approximate surface area is 172 Å². The summed E-state index contributed by atoms with van der Waals surface area (Å²) < 4.78 is 25.2. The van der Waals surface area contributed by atoms with Crippen LogP contribution in [-0.4, -0.2) is 66.8 Å². The molecule has 29 heavy (non-hydrogen) atoms. The lowest BCUT2D eigenvalue weighted by Crippen LogP contribution is -2.37. The highest BCUT2D eigenvalue weighted by Gasteiger charge is 2.50. The van der Waals surface area contributed by atoms with Gasteiger partial charge < -0.3 is 36.0 Å². The van der Waals surface area contributed by atoms with Gasteiger partial charge in [-0.25, -0.2) is 9.67 Å². The molecule has 0 spiro atoms. The van der Waals surface area contributed by atoms with Gasteiger partial charge in [-0.15, -0.1) is 16.9 Å².